The molecule has 2 atom stereocenters. The average Bonchev–Trinajstić information content (AvgIpc) is 2.44. The number of hydrogen-bond acceptors (Lipinski definition) is 2. The SMILES string of the molecule is CCCNC(=O)C(C)NC(CC(C)C)c1ccccc1. The van der Waals surface area contributed by atoms with Crippen molar-refractivity contribution in [3.8, 4) is 0 Å². The summed E-state index contributed by atoms with van der Waals surface area (Å²) >= 11 is 0. The fraction of sp³-hybridized carbons (Fsp3) is 0.588. The number of carbonyl (C=O) groups excluding carboxylic acids is 1. The van der Waals surface area contributed by atoms with E-state index in [4.69, 9.17) is 0 Å². The van der Waals surface area contributed by atoms with Gasteiger partial charge in [0.15, 0.2) is 0 Å². The molecule has 1 aromatic carbocycles. The maximum atomic E-state index is 12.0. The lowest BCUT2D eigenvalue weighted by Crippen LogP contribution is -2.44. The van der Waals surface area contributed by atoms with Gasteiger partial charge in [0.2, 0.25) is 5.91 Å². The number of amides is 1. The van der Waals surface area contributed by atoms with Gasteiger partial charge in [-0.25, -0.2) is 0 Å². The van der Waals surface area contributed by atoms with Gasteiger partial charge in [0.05, 0.1) is 6.04 Å². The van der Waals surface area contributed by atoms with Crippen molar-refractivity contribution in [3.63, 3.8) is 0 Å². The Morgan fingerprint density at radius 2 is 1.80 bits per heavy atom. The van der Waals surface area contributed by atoms with E-state index in [-0.39, 0.29) is 18.0 Å². The normalized spacial score (nSPS) is 14.1. The Labute approximate surface area is 123 Å². The van der Waals surface area contributed by atoms with Crippen LogP contribution in [0, 0.1) is 5.92 Å². The Morgan fingerprint density at radius 3 is 2.35 bits per heavy atom. The number of carbonyl (C=O) groups is 1. The Hall–Kier alpha value is -1.35. The van der Waals surface area contributed by atoms with Crippen molar-refractivity contribution in [3.05, 3.63) is 35.9 Å². The molecule has 0 bridgehead atoms. The number of rotatable bonds is 8. The largest absolute Gasteiger partial charge is 0.355 e. The maximum Gasteiger partial charge on any atom is 0.236 e. The highest BCUT2D eigenvalue weighted by molar-refractivity contribution is 5.81. The Kier molecular flexibility index (Phi) is 7.31. The lowest BCUT2D eigenvalue weighted by atomic mass is 9.96. The molecule has 0 aliphatic carbocycles. The molecule has 2 N–H and O–H groups in total. The number of hydrogen-bond donors (Lipinski definition) is 2. The molecule has 3 nitrogen and oxygen atoms in total. The van der Waals surface area contributed by atoms with E-state index >= 15 is 0 Å². The van der Waals surface area contributed by atoms with Gasteiger partial charge in [0.25, 0.3) is 0 Å². The first kappa shape index (κ1) is 16.7. The van der Waals surface area contributed by atoms with Crippen molar-refractivity contribution in [2.24, 2.45) is 5.92 Å². The summed E-state index contributed by atoms with van der Waals surface area (Å²) in [6.07, 6.45) is 1.99. The molecular formula is C17H28N2O. The van der Waals surface area contributed by atoms with E-state index in [0.29, 0.717) is 5.92 Å². The smallest absolute Gasteiger partial charge is 0.236 e. The van der Waals surface area contributed by atoms with E-state index in [2.05, 4.69) is 43.5 Å². The molecule has 0 heterocycles. The molecule has 112 valence electrons. The number of benzene rings is 1. The van der Waals surface area contributed by atoms with Crippen molar-refractivity contribution >= 4 is 5.91 Å². The molecule has 3 heteroatoms. The summed E-state index contributed by atoms with van der Waals surface area (Å²) in [6.45, 7) is 9.15. The highest BCUT2D eigenvalue weighted by Gasteiger charge is 2.19. The third-order valence-electron chi connectivity index (χ3n) is 3.30. The van der Waals surface area contributed by atoms with Crippen LogP contribution in [-0.2, 0) is 4.79 Å². The minimum atomic E-state index is -0.175. The van der Waals surface area contributed by atoms with Gasteiger partial charge in [-0.05, 0) is 31.2 Å². The van der Waals surface area contributed by atoms with Gasteiger partial charge in [0, 0.05) is 12.6 Å². The van der Waals surface area contributed by atoms with Crippen LogP contribution in [0.1, 0.15) is 52.1 Å². The second-order valence-corrected chi connectivity index (χ2v) is 5.77. The van der Waals surface area contributed by atoms with Crippen LogP contribution >= 0.6 is 0 Å². The zero-order valence-electron chi connectivity index (χ0n) is 13.1. The summed E-state index contributed by atoms with van der Waals surface area (Å²) in [6, 6.07) is 10.4. The molecule has 0 aliphatic heterocycles. The first-order valence-corrected chi connectivity index (χ1v) is 7.63. The summed E-state index contributed by atoms with van der Waals surface area (Å²) in [5.41, 5.74) is 1.25. The molecule has 20 heavy (non-hydrogen) atoms. The zero-order valence-corrected chi connectivity index (χ0v) is 13.1. The van der Waals surface area contributed by atoms with Crippen LogP contribution in [0.15, 0.2) is 30.3 Å². The second-order valence-electron chi connectivity index (χ2n) is 5.77. The lowest BCUT2D eigenvalue weighted by Gasteiger charge is -2.25. The van der Waals surface area contributed by atoms with Gasteiger partial charge in [0.1, 0.15) is 0 Å². The monoisotopic (exact) mass is 276 g/mol. The van der Waals surface area contributed by atoms with E-state index in [0.717, 1.165) is 19.4 Å². The van der Waals surface area contributed by atoms with Gasteiger partial charge in [-0.2, -0.15) is 0 Å². The van der Waals surface area contributed by atoms with Gasteiger partial charge in [-0.3, -0.25) is 10.1 Å². The summed E-state index contributed by atoms with van der Waals surface area (Å²) in [4.78, 5) is 12.0. The molecule has 1 aromatic rings. The van der Waals surface area contributed by atoms with E-state index in [1.807, 2.05) is 25.1 Å². The second kappa shape index (κ2) is 8.75. The average molecular weight is 276 g/mol. The first-order valence-electron chi connectivity index (χ1n) is 7.63. The summed E-state index contributed by atoms with van der Waals surface area (Å²) in [5.74, 6) is 0.662. The topological polar surface area (TPSA) is 41.1 Å². The number of nitrogens with one attached hydrogen (secondary N) is 2. The van der Waals surface area contributed by atoms with E-state index in [1.54, 1.807) is 0 Å². The highest BCUT2D eigenvalue weighted by Crippen LogP contribution is 2.21. The molecule has 0 fully saturated rings. The molecule has 2 unspecified atom stereocenters. The molecule has 0 aromatic heterocycles. The molecule has 0 aliphatic rings. The van der Waals surface area contributed by atoms with Gasteiger partial charge < -0.3 is 5.32 Å². The van der Waals surface area contributed by atoms with Crippen molar-refractivity contribution in [1.82, 2.24) is 10.6 Å². The van der Waals surface area contributed by atoms with Crippen molar-refractivity contribution in [2.45, 2.75) is 52.6 Å². The van der Waals surface area contributed by atoms with E-state index < -0.39 is 0 Å². The van der Waals surface area contributed by atoms with Crippen LogP contribution in [-0.4, -0.2) is 18.5 Å². The van der Waals surface area contributed by atoms with E-state index in [1.165, 1.54) is 5.56 Å². The molecule has 1 rings (SSSR count). The highest BCUT2D eigenvalue weighted by atomic mass is 16.2. The maximum absolute atomic E-state index is 12.0. The molecular weight excluding hydrogens is 248 g/mol. The minimum Gasteiger partial charge on any atom is -0.355 e. The Balaban J connectivity index is 2.67. The first-order chi connectivity index (χ1) is 9.54. The molecule has 0 spiro atoms. The summed E-state index contributed by atoms with van der Waals surface area (Å²) in [7, 11) is 0. The van der Waals surface area contributed by atoms with Gasteiger partial charge >= 0.3 is 0 Å². The predicted molar refractivity (Wildman–Crippen MR) is 84.5 cm³/mol. The predicted octanol–water partition coefficient (Wildman–Crippen LogP) is 3.28. The summed E-state index contributed by atoms with van der Waals surface area (Å²) in [5, 5.41) is 6.40. The van der Waals surface area contributed by atoms with E-state index in [9.17, 15) is 4.79 Å². The Morgan fingerprint density at radius 1 is 1.15 bits per heavy atom. The third-order valence-corrected chi connectivity index (χ3v) is 3.30. The molecule has 1 amide bonds. The third kappa shape index (κ3) is 5.74. The Bertz CT molecular complexity index is 389. The van der Waals surface area contributed by atoms with Crippen LogP contribution in [0.25, 0.3) is 0 Å². The van der Waals surface area contributed by atoms with Crippen molar-refractivity contribution in [1.29, 1.82) is 0 Å². The van der Waals surface area contributed by atoms with Crippen molar-refractivity contribution < 1.29 is 4.79 Å². The van der Waals surface area contributed by atoms with Crippen LogP contribution < -0.4 is 10.6 Å². The minimum absolute atomic E-state index is 0.0801. The van der Waals surface area contributed by atoms with Gasteiger partial charge in [-0.15, -0.1) is 0 Å². The lowest BCUT2D eigenvalue weighted by molar-refractivity contribution is -0.123. The fourth-order valence-electron chi connectivity index (χ4n) is 2.24. The van der Waals surface area contributed by atoms with Crippen LogP contribution in [0.3, 0.4) is 0 Å². The molecule has 0 radical (unpaired) electrons. The zero-order chi connectivity index (χ0) is 15.0. The van der Waals surface area contributed by atoms with Crippen LogP contribution in [0.2, 0.25) is 0 Å². The van der Waals surface area contributed by atoms with Crippen LogP contribution in [0.5, 0.6) is 0 Å². The fourth-order valence-corrected chi connectivity index (χ4v) is 2.24. The van der Waals surface area contributed by atoms with Crippen LogP contribution in [0.4, 0.5) is 0 Å². The van der Waals surface area contributed by atoms with Crippen molar-refractivity contribution in [2.75, 3.05) is 6.54 Å². The quantitative estimate of drug-likeness (QED) is 0.765. The summed E-state index contributed by atoms with van der Waals surface area (Å²) < 4.78 is 0. The standard InChI is InChI=1S/C17H28N2O/c1-5-11-18-17(20)14(4)19-16(12-13(2)3)15-9-7-6-8-10-15/h6-10,13-14,16,19H,5,11-12H2,1-4H3,(H,18,20). The molecule has 0 saturated carbocycles. The molecule has 0 saturated heterocycles. The van der Waals surface area contributed by atoms with Gasteiger partial charge in [-0.1, -0.05) is 51.1 Å².